The topological polar surface area (TPSA) is 98.7 Å². The van der Waals surface area contributed by atoms with Crippen LogP contribution in [0, 0.1) is 5.92 Å². The lowest BCUT2D eigenvalue weighted by molar-refractivity contribution is -0.144. The molecular weight excluding hydrogens is 274 g/mol. The van der Waals surface area contributed by atoms with Crippen molar-refractivity contribution < 1.29 is 19.5 Å². The maximum atomic E-state index is 12.5. The zero-order valence-electron chi connectivity index (χ0n) is 12.5. The van der Waals surface area contributed by atoms with Gasteiger partial charge in [0.2, 0.25) is 5.91 Å². The molecule has 7 heteroatoms. The van der Waals surface area contributed by atoms with Gasteiger partial charge in [-0.05, 0) is 44.9 Å². The van der Waals surface area contributed by atoms with Crippen LogP contribution in [0.5, 0.6) is 0 Å². The molecule has 0 bridgehead atoms. The summed E-state index contributed by atoms with van der Waals surface area (Å²) in [5.41, 5.74) is -1.25. The lowest BCUT2D eigenvalue weighted by atomic mass is 9.96. The summed E-state index contributed by atoms with van der Waals surface area (Å²) in [5.74, 6) is -1.25. The number of nitrogens with one attached hydrogen (secondary N) is 2. The predicted octanol–water partition coefficient (Wildman–Crippen LogP) is 0.550. The van der Waals surface area contributed by atoms with Crippen molar-refractivity contribution in [3.63, 3.8) is 0 Å². The van der Waals surface area contributed by atoms with Crippen molar-refractivity contribution >= 4 is 17.9 Å². The summed E-state index contributed by atoms with van der Waals surface area (Å²) in [6, 6.07) is -0.971. The van der Waals surface area contributed by atoms with E-state index in [1.54, 1.807) is 14.0 Å². The van der Waals surface area contributed by atoms with Crippen LogP contribution in [0.25, 0.3) is 0 Å². The number of carbonyl (C=O) groups is 3. The number of likely N-dealkylation sites (N-methyl/N-ethyl adjacent to an activating group) is 1. The Kier molecular flexibility index (Phi) is 4.39. The first-order valence-electron chi connectivity index (χ1n) is 7.44. The molecule has 1 heterocycles. The Hall–Kier alpha value is -1.79. The van der Waals surface area contributed by atoms with Gasteiger partial charge in [-0.25, -0.2) is 9.59 Å². The molecule has 0 spiro atoms. The Morgan fingerprint density at radius 3 is 2.38 bits per heavy atom. The first kappa shape index (κ1) is 15.6. The summed E-state index contributed by atoms with van der Waals surface area (Å²) in [7, 11) is 1.54. The third kappa shape index (κ3) is 3.11. The number of carboxylic acid groups (broad SMARTS) is 1. The van der Waals surface area contributed by atoms with Crippen LogP contribution in [0.1, 0.15) is 39.0 Å². The number of hydrogen-bond acceptors (Lipinski definition) is 3. The Bertz CT molecular complexity index is 450. The average molecular weight is 297 g/mol. The van der Waals surface area contributed by atoms with E-state index in [-0.39, 0.29) is 11.8 Å². The highest BCUT2D eigenvalue weighted by Gasteiger charge is 2.49. The van der Waals surface area contributed by atoms with Gasteiger partial charge in [0.1, 0.15) is 11.6 Å². The van der Waals surface area contributed by atoms with Gasteiger partial charge < -0.3 is 20.6 Å². The molecule has 1 saturated carbocycles. The molecule has 0 aromatic carbocycles. The number of amides is 3. The van der Waals surface area contributed by atoms with Gasteiger partial charge in [-0.3, -0.25) is 4.79 Å². The van der Waals surface area contributed by atoms with Crippen molar-refractivity contribution in [1.82, 2.24) is 15.5 Å². The maximum absolute atomic E-state index is 12.5. The first-order chi connectivity index (χ1) is 9.90. The van der Waals surface area contributed by atoms with Gasteiger partial charge in [-0.1, -0.05) is 0 Å². The average Bonchev–Trinajstić information content (AvgIpc) is 3.31. The largest absolute Gasteiger partial charge is 0.480 e. The lowest BCUT2D eigenvalue weighted by Gasteiger charge is -2.37. The maximum Gasteiger partial charge on any atom is 0.329 e. The van der Waals surface area contributed by atoms with Crippen LogP contribution < -0.4 is 10.6 Å². The van der Waals surface area contributed by atoms with Gasteiger partial charge in [0.25, 0.3) is 0 Å². The molecular formula is C14H23N3O4. The summed E-state index contributed by atoms with van der Waals surface area (Å²) >= 11 is 0. The third-order valence-electron chi connectivity index (χ3n) is 4.52. The molecule has 2 rings (SSSR count). The molecule has 0 aromatic heterocycles. The Morgan fingerprint density at radius 1 is 1.19 bits per heavy atom. The summed E-state index contributed by atoms with van der Waals surface area (Å²) in [6.45, 7) is 2.02. The minimum absolute atomic E-state index is 0.0257. The molecule has 7 nitrogen and oxygen atoms in total. The highest BCUT2D eigenvalue weighted by Crippen LogP contribution is 2.40. The minimum atomic E-state index is -1.25. The van der Waals surface area contributed by atoms with Crippen molar-refractivity contribution in [3.05, 3.63) is 0 Å². The number of carboxylic acids is 1. The molecule has 1 aliphatic carbocycles. The number of rotatable bonds is 4. The van der Waals surface area contributed by atoms with Gasteiger partial charge in [0.15, 0.2) is 0 Å². The number of nitrogens with zero attached hydrogens (tertiary/aromatic N) is 1. The van der Waals surface area contributed by atoms with E-state index in [0.717, 1.165) is 25.7 Å². The molecule has 2 aliphatic rings. The number of carbonyl (C=O) groups excluding carboxylic acids is 2. The summed E-state index contributed by atoms with van der Waals surface area (Å²) in [4.78, 5) is 37.3. The van der Waals surface area contributed by atoms with Crippen molar-refractivity contribution in [1.29, 1.82) is 0 Å². The molecule has 0 aromatic rings. The number of hydrogen-bond donors (Lipinski definition) is 3. The fourth-order valence-corrected chi connectivity index (χ4v) is 2.90. The van der Waals surface area contributed by atoms with Gasteiger partial charge in [-0.2, -0.15) is 0 Å². The van der Waals surface area contributed by atoms with E-state index < -0.39 is 23.6 Å². The predicted molar refractivity (Wildman–Crippen MR) is 75.7 cm³/mol. The SMILES string of the molecule is CNC(=O)C1CCCCN1C(=O)NC(C)(C(=O)O)C1CC1. The van der Waals surface area contributed by atoms with Crippen LogP contribution in [0.2, 0.25) is 0 Å². The molecule has 1 saturated heterocycles. The molecule has 1 aliphatic heterocycles. The first-order valence-corrected chi connectivity index (χ1v) is 7.44. The van der Waals surface area contributed by atoms with Crippen molar-refractivity contribution in [2.24, 2.45) is 5.92 Å². The smallest absolute Gasteiger partial charge is 0.329 e. The summed E-state index contributed by atoms with van der Waals surface area (Å²) < 4.78 is 0. The Balaban J connectivity index is 2.10. The number of piperidine rings is 1. The van der Waals surface area contributed by atoms with Crippen molar-refractivity contribution in [2.75, 3.05) is 13.6 Å². The number of aliphatic carboxylic acids is 1. The molecule has 2 unspecified atom stereocenters. The molecule has 3 N–H and O–H groups in total. The summed E-state index contributed by atoms with van der Waals surface area (Å²) in [6.07, 6.45) is 3.94. The van der Waals surface area contributed by atoms with Crippen LogP contribution in [-0.4, -0.2) is 53.1 Å². The second-order valence-electron chi connectivity index (χ2n) is 6.03. The highest BCUT2D eigenvalue weighted by atomic mass is 16.4. The molecule has 118 valence electrons. The van der Waals surface area contributed by atoms with E-state index in [9.17, 15) is 19.5 Å². The molecule has 3 amide bonds. The fraction of sp³-hybridized carbons (Fsp3) is 0.786. The van der Waals surface area contributed by atoms with Crippen LogP contribution in [0.15, 0.2) is 0 Å². The molecule has 2 atom stereocenters. The van der Waals surface area contributed by atoms with Crippen molar-refractivity contribution in [2.45, 2.75) is 50.6 Å². The molecule has 2 fully saturated rings. The Morgan fingerprint density at radius 2 is 1.86 bits per heavy atom. The number of urea groups is 1. The fourth-order valence-electron chi connectivity index (χ4n) is 2.90. The van der Waals surface area contributed by atoms with E-state index in [2.05, 4.69) is 10.6 Å². The van der Waals surface area contributed by atoms with Crippen LogP contribution in [0.3, 0.4) is 0 Å². The van der Waals surface area contributed by atoms with E-state index in [1.165, 1.54) is 4.90 Å². The second-order valence-corrected chi connectivity index (χ2v) is 6.03. The molecule has 0 radical (unpaired) electrons. The second kappa shape index (κ2) is 5.91. The van der Waals surface area contributed by atoms with Gasteiger partial charge >= 0.3 is 12.0 Å². The van der Waals surface area contributed by atoms with Crippen LogP contribution in [0.4, 0.5) is 4.79 Å². The Labute approximate surface area is 124 Å². The number of likely N-dealkylation sites (tertiary alicyclic amines) is 1. The summed E-state index contributed by atoms with van der Waals surface area (Å²) in [5, 5.41) is 14.6. The quantitative estimate of drug-likeness (QED) is 0.705. The standard InChI is InChI=1S/C14H23N3O4/c1-14(12(19)20,9-6-7-9)16-13(21)17-8-4-3-5-10(17)11(18)15-2/h9-10H,3-8H2,1-2H3,(H,15,18)(H,16,21)(H,19,20). The van der Waals surface area contributed by atoms with Gasteiger partial charge in [0, 0.05) is 13.6 Å². The minimum Gasteiger partial charge on any atom is -0.480 e. The van der Waals surface area contributed by atoms with Crippen LogP contribution >= 0.6 is 0 Å². The van der Waals surface area contributed by atoms with E-state index >= 15 is 0 Å². The van der Waals surface area contributed by atoms with E-state index in [1.807, 2.05) is 0 Å². The van der Waals surface area contributed by atoms with E-state index in [4.69, 9.17) is 0 Å². The van der Waals surface area contributed by atoms with Crippen molar-refractivity contribution in [3.8, 4) is 0 Å². The highest BCUT2D eigenvalue weighted by molar-refractivity contribution is 5.90. The van der Waals surface area contributed by atoms with Gasteiger partial charge in [-0.15, -0.1) is 0 Å². The van der Waals surface area contributed by atoms with Gasteiger partial charge in [0.05, 0.1) is 0 Å². The lowest BCUT2D eigenvalue weighted by Crippen LogP contribution is -2.61. The normalized spacial score (nSPS) is 24.9. The monoisotopic (exact) mass is 297 g/mol. The molecule has 21 heavy (non-hydrogen) atoms. The third-order valence-corrected chi connectivity index (χ3v) is 4.52. The zero-order chi connectivity index (χ0) is 15.6. The van der Waals surface area contributed by atoms with E-state index in [0.29, 0.717) is 13.0 Å². The zero-order valence-corrected chi connectivity index (χ0v) is 12.5. The van der Waals surface area contributed by atoms with Crippen LogP contribution in [-0.2, 0) is 9.59 Å².